The third kappa shape index (κ3) is 6.72. The van der Waals surface area contributed by atoms with E-state index in [1.54, 1.807) is 39.7 Å². The standard InChI is InChI=1S/C28H37F2N7S/c1-8-16(2)25(20(14-31)15-32-5)26(19-9-10-19)28(34-24-11-17(3)35-36-24)33-18(4)37(6)27-22(29)12-21(38-7)13-23(27)30/h11-15,19H,8-10,31H2,1-7H3,(H2,34,35,36)/b20-14+,25-16+,28-26+,32-15?,33-18+. The third-order valence-corrected chi connectivity index (χ3v) is 7.18. The van der Waals surface area contributed by atoms with Crippen LogP contribution in [-0.2, 0) is 0 Å². The number of nitrogens with zero attached hydrogens (tertiary/aromatic N) is 4. The van der Waals surface area contributed by atoms with E-state index in [0.717, 1.165) is 47.2 Å². The Balaban J connectivity index is 2.25. The van der Waals surface area contributed by atoms with Gasteiger partial charge in [0.25, 0.3) is 0 Å². The van der Waals surface area contributed by atoms with Gasteiger partial charge in [-0.25, -0.2) is 13.8 Å². The highest BCUT2D eigenvalue weighted by Gasteiger charge is 2.33. The number of H-pyrrole nitrogens is 1. The smallest absolute Gasteiger partial charge is 0.153 e. The van der Waals surface area contributed by atoms with E-state index in [0.29, 0.717) is 22.4 Å². The summed E-state index contributed by atoms with van der Waals surface area (Å²) in [6.45, 7) is 7.80. The lowest BCUT2D eigenvalue weighted by atomic mass is 9.89. The molecule has 1 fully saturated rings. The highest BCUT2D eigenvalue weighted by atomic mass is 32.2. The van der Waals surface area contributed by atoms with E-state index in [1.165, 1.54) is 28.8 Å². The van der Waals surface area contributed by atoms with Crippen LogP contribution in [0.4, 0.5) is 20.3 Å². The van der Waals surface area contributed by atoms with E-state index in [1.807, 2.05) is 13.0 Å². The van der Waals surface area contributed by atoms with Gasteiger partial charge in [0.05, 0.1) is 0 Å². The van der Waals surface area contributed by atoms with E-state index < -0.39 is 11.6 Å². The van der Waals surface area contributed by atoms with Crippen molar-refractivity contribution in [2.75, 3.05) is 30.6 Å². The molecule has 3 rings (SSSR count). The highest BCUT2D eigenvalue weighted by Crippen LogP contribution is 2.45. The average Bonchev–Trinajstić information content (AvgIpc) is 3.64. The number of thioether (sulfide) groups is 1. The summed E-state index contributed by atoms with van der Waals surface area (Å²) in [6, 6.07) is 4.54. The molecule has 1 aromatic carbocycles. The first-order valence-electron chi connectivity index (χ1n) is 12.5. The Bertz CT molecular complexity index is 1290. The van der Waals surface area contributed by atoms with Gasteiger partial charge >= 0.3 is 0 Å². The van der Waals surface area contributed by atoms with Crippen molar-refractivity contribution in [2.45, 2.75) is 51.9 Å². The molecule has 0 saturated heterocycles. The van der Waals surface area contributed by atoms with Crippen LogP contribution < -0.4 is 16.0 Å². The molecule has 4 N–H and O–H groups in total. The zero-order valence-electron chi connectivity index (χ0n) is 23.1. The van der Waals surface area contributed by atoms with Crippen LogP contribution in [0, 0.1) is 24.5 Å². The number of halogens is 2. The molecule has 0 atom stereocenters. The fraction of sp³-hybridized carbons (Fsp3) is 0.393. The van der Waals surface area contributed by atoms with Gasteiger partial charge in [0, 0.05) is 54.3 Å². The highest BCUT2D eigenvalue weighted by molar-refractivity contribution is 7.98. The van der Waals surface area contributed by atoms with Gasteiger partial charge in [0.1, 0.15) is 17.3 Å². The molecule has 1 aliphatic rings. The number of nitrogens with one attached hydrogen (secondary N) is 2. The number of hydrogen-bond acceptors (Lipinski definition) is 6. The first-order chi connectivity index (χ1) is 18.1. The van der Waals surface area contributed by atoms with Crippen LogP contribution >= 0.6 is 11.8 Å². The Kier molecular flexibility index (Phi) is 9.90. The number of benzene rings is 1. The molecule has 1 aliphatic carbocycles. The Hall–Kier alpha value is -3.40. The average molecular weight is 542 g/mol. The molecule has 0 spiro atoms. The molecule has 7 nitrogen and oxygen atoms in total. The quantitative estimate of drug-likeness (QED) is 0.137. The van der Waals surface area contributed by atoms with Gasteiger partial charge in [-0.3, -0.25) is 10.1 Å². The van der Waals surface area contributed by atoms with Gasteiger partial charge in [-0.1, -0.05) is 12.5 Å². The molecule has 0 amide bonds. The Morgan fingerprint density at radius 2 is 1.92 bits per heavy atom. The maximum absolute atomic E-state index is 15.0. The first kappa shape index (κ1) is 29.2. The normalized spacial score (nSPS) is 16.0. The summed E-state index contributed by atoms with van der Waals surface area (Å²) in [5.74, 6) is 0.494. The summed E-state index contributed by atoms with van der Waals surface area (Å²) in [5.41, 5.74) is 10.7. The van der Waals surface area contributed by atoms with Gasteiger partial charge in [0.15, 0.2) is 17.5 Å². The van der Waals surface area contributed by atoms with Crippen LogP contribution in [-0.4, -0.2) is 42.6 Å². The van der Waals surface area contributed by atoms with E-state index in [-0.39, 0.29) is 11.6 Å². The molecular formula is C28H37F2N7S. The molecule has 10 heteroatoms. The van der Waals surface area contributed by atoms with Crippen LogP contribution in [0.5, 0.6) is 0 Å². The second-order valence-corrected chi connectivity index (χ2v) is 10.2. The van der Waals surface area contributed by atoms with E-state index in [2.05, 4.69) is 34.4 Å². The van der Waals surface area contributed by atoms with Crippen molar-refractivity contribution in [2.24, 2.45) is 21.6 Å². The predicted octanol–water partition coefficient (Wildman–Crippen LogP) is 6.58. The minimum Gasteiger partial charge on any atom is -0.404 e. The molecule has 0 unspecified atom stereocenters. The fourth-order valence-electron chi connectivity index (χ4n) is 4.16. The van der Waals surface area contributed by atoms with Crippen molar-refractivity contribution < 1.29 is 8.78 Å². The summed E-state index contributed by atoms with van der Waals surface area (Å²) >= 11 is 1.28. The Morgan fingerprint density at radius 3 is 2.39 bits per heavy atom. The summed E-state index contributed by atoms with van der Waals surface area (Å²) < 4.78 is 29.9. The third-order valence-electron chi connectivity index (χ3n) is 6.48. The minimum absolute atomic E-state index is 0.159. The number of anilines is 2. The van der Waals surface area contributed by atoms with Crippen molar-refractivity contribution in [3.05, 3.63) is 69.8 Å². The van der Waals surface area contributed by atoms with Gasteiger partial charge in [-0.15, -0.1) is 11.8 Å². The van der Waals surface area contributed by atoms with E-state index >= 15 is 0 Å². The summed E-state index contributed by atoms with van der Waals surface area (Å²) in [6.07, 6.45) is 7.86. The zero-order valence-corrected chi connectivity index (χ0v) is 23.9. The summed E-state index contributed by atoms with van der Waals surface area (Å²) in [7, 11) is 3.31. The molecule has 38 heavy (non-hydrogen) atoms. The number of amidine groups is 1. The molecule has 204 valence electrons. The van der Waals surface area contributed by atoms with Gasteiger partial charge < -0.3 is 16.0 Å². The largest absolute Gasteiger partial charge is 0.404 e. The lowest BCUT2D eigenvalue weighted by molar-refractivity contribution is 0.579. The molecule has 0 bridgehead atoms. The van der Waals surface area contributed by atoms with Crippen LogP contribution in [0.3, 0.4) is 0 Å². The minimum atomic E-state index is -0.648. The Labute approximate surface area is 228 Å². The fourth-order valence-corrected chi connectivity index (χ4v) is 4.61. The predicted molar refractivity (Wildman–Crippen MR) is 156 cm³/mol. The number of aromatic nitrogens is 2. The zero-order chi connectivity index (χ0) is 28.0. The maximum atomic E-state index is 15.0. The van der Waals surface area contributed by atoms with Crippen LogP contribution in [0.1, 0.15) is 45.7 Å². The van der Waals surface area contributed by atoms with Crippen molar-refractivity contribution in [3.63, 3.8) is 0 Å². The topological polar surface area (TPSA) is 94.7 Å². The number of aromatic amines is 1. The Morgan fingerprint density at radius 1 is 1.26 bits per heavy atom. The molecule has 2 aromatic rings. The van der Waals surface area contributed by atoms with E-state index in [4.69, 9.17) is 10.7 Å². The lowest BCUT2D eigenvalue weighted by Crippen LogP contribution is -2.26. The van der Waals surface area contributed by atoms with Gasteiger partial charge in [-0.05, 0) is 69.9 Å². The molecule has 1 aromatic heterocycles. The van der Waals surface area contributed by atoms with Crippen LogP contribution in [0.15, 0.2) is 67.4 Å². The molecular weight excluding hydrogens is 504 g/mol. The van der Waals surface area contributed by atoms with Crippen molar-refractivity contribution in [1.29, 1.82) is 0 Å². The number of rotatable bonds is 10. The number of aliphatic imine (C=N–C) groups is 2. The molecule has 0 aliphatic heterocycles. The van der Waals surface area contributed by atoms with Crippen molar-refractivity contribution in [1.82, 2.24) is 10.2 Å². The van der Waals surface area contributed by atoms with Crippen molar-refractivity contribution in [3.8, 4) is 0 Å². The molecule has 0 radical (unpaired) electrons. The summed E-state index contributed by atoms with van der Waals surface area (Å²) in [4.78, 5) is 11.1. The van der Waals surface area contributed by atoms with Gasteiger partial charge in [-0.2, -0.15) is 5.10 Å². The number of hydrogen-bond donors (Lipinski definition) is 3. The van der Waals surface area contributed by atoms with Gasteiger partial charge in [0.2, 0.25) is 0 Å². The monoisotopic (exact) mass is 541 g/mol. The molecule has 1 heterocycles. The second kappa shape index (κ2) is 12.9. The van der Waals surface area contributed by atoms with E-state index in [9.17, 15) is 8.78 Å². The number of aryl methyl sites for hydroxylation is 1. The summed E-state index contributed by atoms with van der Waals surface area (Å²) in [5, 5.41) is 10.7. The number of allylic oxidation sites excluding steroid dienone is 4. The molecule has 1 saturated carbocycles. The lowest BCUT2D eigenvalue weighted by Gasteiger charge is -2.23. The first-order valence-corrected chi connectivity index (χ1v) is 13.8. The second-order valence-electron chi connectivity index (χ2n) is 9.27. The van der Waals surface area contributed by atoms with Crippen LogP contribution in [0.2, 0.25) is 0 Å². The van der Waals surface area contributed by atoms with Crippen molar-refractivity contribution >= 4 is 35.3 Å². The maximum Gasteiger partial charge on any atom is 0.153 e. The SMILES string of the molecule is CC/C(C)=C(C(\C=NC)=C\N)/C(=C(\N=C(/C)N(C)c1c(F)cc(SC)cc1F)Nc1cc(C)[nH]n1)C1CC1. The number of nitrogens with two attached hydrogens (primary N) is 1. The van der Waals surface area contributed by atoms with Crippen LogP contribution in [0.25, 0.3) is 0 Å².